The van der Waals surface area contributed by atoms with Gasteiger partial charge in [-0.3, -0.25) is 0 Å². The molecule has 222 valence electrons. The molecule has 1 aromatic carbocycles. The summed E-state index contributed by atoms with van der Waals surface area (Å²) in [6, 6.07) is 7.74. The Bertz CT molecular complexity index is 1740. The van der Waals surface area contributed by atoms with Gasteiger partial charge in [0.1, 0.15) is 5.60 Å². The standard InChI is InChI=1S/C29H32ClFN6O4S/c1-17-8-10-21(11-9-17)42(39,40)37-16-23(22-12-18(30)14-33-27(22)37)25-32-15-24(31)26(36-25)34-19-6-5-7-20(13-19)35-28(38)41-29(2,3)4/h8-12,14-16,19-20H,5-7,13H2,1-4H3,(H,35,38)(H,32,34,36)/t19?,20-/m1/s1. The topological polar surface area (TPSA) is 128 Å². The average molecular weight is 615 g/mol. The summed E-state index contributed by atoms with van der Waals surface area (Å²) in [4.78, 5) is 25.2. The molecule has 1 saturated carbocycles. The molecule has 1 aliphatic rings. The van der Waals surface area contributed by atoms with Crippen molar-refractivity contribution < 1.29 is 22.3 Å². The number of fused-ring (bicyclic) bond motifs is 1. The second kappa shape index (κ2) is 11.5. The van der Waals surface area contributed by atoms with Gasteiger partial charge in [0.2, 0.25) is 0 Å². The predicted molar refractivity (Wildman–Crippen MR) is 159 cm³/mol. The third-order valence-electron chi connectivity index (χ3n) is 6.88. The molecule has 1 amide bonds. The Labute approximate surface area is 248 Å². The number of nitrogens with zero attached hydrogens (tertiary/aromatic N) is 4. The number of alkyl carbamates (subject to hydrolysis) is 1. The molecule has 1 aliphatic carbocycles. The molecule has 3 aromatic heterocycles. The maximum absolute atomic E-state index is 14.9. The fourth-order valence-corrected chi connectivity index (χ4v) is 6.44. The van der Waals surface area contributed by atoms with Gasteiger partial charge in [-0.2, -0.15) is 0 Å². The predicted octanol–water partition coefficient (Wildman–Crippen LogP) is 6.08. The molecule has 1 unspecified atom stereocenters. The number of hydrogen-bond donors (Lipinski definition) is 2. The van der Waals surface area contributed by atoms with Crippen LogP contribution in [0, 0.1) is 12.7 Å². The van der Waals surface area contributed by atoms with E-state index in [4.69, 9.17) is 16.3 Å². The van der Waals surface area contributed by atoms with E-state index in [9.17, 15) is 17.6 Å². The number of carbonyl (C=O) groups is 1. The van der Waals surface area contributed by atoms with Crippen LogP contribution >= 0.6 is 11.6 Å². The van der Waals surface area contributed by atoms with Gasteiger partial charge in [0.05, 0.1) is 16.1 Å². The van der Waals surface area contributed by atoms with E-state index >= 15 is 0 Å². The molecule has 0 radical (unpaired) electrons. The number of aromatic nitrogens is 4. The maximum Gasteiger partial charge on any atom is 0.407 e. The molecule has 2 atom stereocenters. The molecular formula is C29H32ClFN6O4S. The van der Waals surface area contributed by atoms with Gasteiger partial charge in [0, 0.05) is 35.4 Å². The Balaban J connectivity index is 1.45. The Morgan fingerprint density at radius 3 is 2.55 bits per heavy atom. The molecule has 3 heterocycles. The van der Waals surface area contributed by atoms with Crippen LogP contribution in [-0.4, -0.2) is 51.1 Å². The summed E-state index contributed by atoms with van der Waals surface area (Å²) in [5.41, 5.74) is 0.772. The lowest BCUT2D eigenvalue weighted by Crippen LogP contribution is -2.44. The van der Waals surface area contributed by atoms with Gasteiger partial charge in [-0.15, -0.1) is 0 Å². The van der Waals surface area contributed by atoms with Crippen molar-refractivity contribution in [2.75, 3.05) is 5.32 Å². The van der Waals surface area contributed by atoms with Crippen LogP contribution in [0.25, 0.3) is 22.4 Å². The Hall–Kier alpha value is -3.77. The Morgan fingerprint density at radius 1 is 1.12 bits per heavy atom. The summed E-state index contributed by atoms with van der Waals surface area (Å²) in [6.07, 6.45) is 6.17. The number of rotatable bonds is 6. The first kappa shape index (κ1) is 29.7. The molecule has 10 nitrogen and oxygen atoms in total. The van der Waals surface area contributed by atoms with Crippen molar-refractivity contribution in [3.8, 4) is 11.4 Å². The molecule has 2 N–H and O–H groups in total. The highest BCUT2D eigenvalue weighted by Gasteiger charge is 2.28. The largest absolute Gasteiger partial charge is 0.444 e. The van der Waals surface area contributed by atoms with Crippen molar-refractivity contribution in [3.05, 3.63) is 65.3 Å². The van der Waals surface area contributed by atoms with Gasteiger partial charge in [0.15, 0.2) is 23.1 Å². The monoisotopic (exact) mass is 614 g/mol. The van der Waals surface area contributed by atoms with Crippen molar-refractivity contribution in [1.82, 2.24) is 24.2 Å². The van der Waals surface area contributed by atoms with Crippen molar-refractivity contribution in [1.29, 1.82) is 0 Å². The third kappa shape index (κ3) is 6.49. The van der Waals surface area contributed by atoms with E-state index in [1.165, 1.54) is 24.5 Å². The molecule has 1 fully saturated rings. The van der Waals surface area contributed by atoms with Crippen LogP contribution in [0.1, 0.15) is 52.0 Å². The van der Waals surface area contributed by atoms with Gasteiger partial charge in [-0.1, -0.05) is 29.3 Å². The molecule has 0 aliphatic heterocycles. The average Bonchev–Trinajstić information content (AvgIpc) is 3.29. The number of carbonyl (C=O) groups excluding carboxylic acids is 1. The molecular weight excluding hydrogens is 583 g/mol. The van der Waals surface area contributed by atoms with E-state index in [0.717, 1.165) is 35.0 Å². The quantitative estimate of drug-likeness (QED) is 0.267. The minimum absolute atomic E-state index is 0.0276. The lowest BCUT2D eigenvalue weighted by atomic mass is 9.91. The lowest BCUT2D eigenvalue weighted by molar-refractivity contribution is 0.0492. The second-order valence-corrected chi connectivity index (χ2v) is 13.7. The number of halogens is 2. The third-order valence-corrected chi connectivity index (χ3v) is 8.75. The van der Waals surface area contributed by atoms with Crippen molar-refractivity contribution in [3.63, 3.8) is 0 Å². The fraction of sp³-hybridized carbons (Fsp3) is 0.379. The number of nitrogens with one attached hydrogen (secondary N) is 2. The normalized spacial score (nSPS) is 17.7. The minimum Gasteiger partial charge on any atom is -0.444 e. The number of benzene rings is 1. The highest BCUT2D eigenvalue weighted by atomic mass is 35.5. The van der Waals surface area contributed by atoms with Crippen LogP contribution in [0.4, 0.5) is 15.0 Å². The second-order valence-electron chi connectivity index (χ2n) is 11.4. The summed E-state index contributed by atoms with van der Waals surface area (Å²) >= 11 is 6.23. The van der Waals surface area contributed by atoms with Crippen molar-refractivity contribution in [2.45, 2.75) is 76.0 Å². The van der Waals surface area contributed by atoms with Gasteiger partial charge in [0.25, 0.3) is 10.0 Å². The first-order chi connectivity index (χ1) is 19.8. The van der Waals surface area contributed by atoms with Gasteiger partial charge in [-0.05, 0) is 71.6 Å². The van der Waals surface area contributed by atoms with Gasteiger partial charge >= 0.3 is 6.09 Å². The molecule has 0 saturated heterocycles. The van der Waals surface area contributed by atoms with Gasteiger partial charge in [-0.25, -0.2) is 36.5 Å². The maximum atomic E-state index is 14.9. The Kier molecular flexibility index (Phi) is 8.13. The zero-order valence-electron chi connectivity index (χ0n) is 23.7. The minimum atomic E-state index is -4.03. The van der Waals surface area contributed by atoms with Crippen LogP contribution in [0.5, 0.6) is 0 Å². The Morgan fingerprint density at radius 2 is 1.83 bits per heavy atom. The van der Waals surface area contributed by atoms with E-state index in [1.807, 2.05) is 6.92 Å². The van der Waals surface area contributed by atoms with Crippen molar-refractivity contribution >= 4 is 44.6 Å². The number of aryl methyl sites for hydroxylation is 1. The number of pyridine rings is 1. The van der Waals surface area contributed by atoms with Crippen LogP contribution < -0.4 is 10.6 Å². The first-order valence-electron chi connectivity index (χ1n) is 13.6. The van der Waals surface area contributed by atoms with Gasteiger partial charge < -0.3 is 15.4 Å². The van der Waals surface area contributed by atoms with E-state index in [-0.39, 0.29) is 34.3 Å². The summed E-state index contributed by atoms with van der Waals surface area (Å²) in [5, 5.41) is 6.74. The number of anilines is 1. The van der Waals surface area contributed by atoms with Crippen LogP contribution in [-0.2, 0) is 14.8 Å². The van der Waals surface area contributed by atoms with E-state index < -0.39 is 27.5 Å². The van der Waals surface area contributed by atoms with Crippen LogP contribution in [0.15, 0.2) is 53.8 Å². The van der Waals surface area contributed by atoms with E-state index in [0.29, 0.717) is 22.4 Å². The molecule has 5 rings (SSSR count). The molecule has 0 spiro atoms. The van der Waals surface area contributed by atoms with Crippen LogP contribution in [0.3, 0.4) is 0 Å². The van der Waals surface area contributed by atoms with Crippen molar-refractivity contribution in [2.24, 2.45) is 0 Å². The molecule has 4 aromatic rings. The molecule has 42 heavy (non-hydrogen) atoms. The summed E-state index contributed by atoms with van der Waals surface area (Å²) in [5.74, 6) is -0.585. The molecule has 0 bridgehead atoms. The lowest BCUT2D eigenvalue weighted by Gasteiger charge is -2.31. The zero-order chi connectivity index (χ0) is 30.2. The fourth-order valence-electron chi connectivity index (χ4n) is 4.96. The highest BCUT2D eigenvalue weighted by molar-refractivity contribution is 7.90. The van der Waals surface area contributed by atoms with E-state index in [1.54, 1.807) is 39.0 Å². The first-order valence-corrected chi connectivity index (χ1v) is 15.4. The SMILES string of the molecule is Cc1ccc(S(=O)(=O)n2cc(-c3ncc(F)c(NC4CCC[C@@H](NC(=O)OC(C)(C)C)C4)n3)c3cc(Cl)cnc32)cc1. The highest BCUT2D eigenvalue weighted by Crippen LogP contribution is 2.33. The summed E-state index contributed by atoms with van der Waals surface area (Å²) in [7, 11) is -4.03. The zero-order valence-corrected chi connectivity index (χ0v) is 25.3. The summed E-state index contributed by atoms with van der Waals surface area (Å²) < 4.78 is 48.6. The number of ether oxygens (including phenoxy) is 1. The summed E-state index contributed by atoms with van der Waals surface area (Å²) in [6.45, 7) is 7.26. The smallest absolute Gasteiger partial charge is 0.407 e. The number of amides is 1. The van der Waals surface area contributed by atoms with Crippen LogP contribution in [0.2, 0.25) is 5.02 Å². The molecule has 13 heteroatoms. The number of hydrogen-bond acceptors (Lipinski definition) is 8. The van der Waals surface area contributed by atoms with E-state index in [2.05, 4.69) is 25.6 Å².